The lowest BCUT2D eigenvalue weighted by Gasteiger charge is -2.20. The Labute approximate surface area is 122 Å². The summed E-state index contributed by atoms with van der Waals surface area (Å²) >= 11 is 0. The van der Waals surface area contributed by atoms with Crippen molar-refractivity contribution < 1.29 is 37.0 Å². The molecule has 1 aromatic carbocycles. The van der Waals surface area contributed by atoms with Crippen LogP contribution in [0.3, 0.4) is 0 Å². The van der Waals surface area contributed by atoms with Gasteiger partial charge in [-0.2, -0.15) is 13.2 Å². The van der Waals surface area contributed by atoms with Crippen molar-refractivity contribution in [2.45, 2.75) is 31.7 Å². The standard InChI is InChI=1S/C13H13F4NO4/c1-7(22-10-5-3-2-4-8(10)14)11(19)18-9(12(20)21)6-13(15,16)17/h2-5,7,9H,6H2,1H3,(H,18,19)(H,20,21). The molecule has 0 aliphatic heterocycles. The van der Waals surface area contributed by atoms with Crippen molar-refractivity contribution in [3.05, 3.63) is 30.1 Å². The van der Waals surface area contributed by atoms with Crippen molar-refractivity contribution in [3.63, 3.8) is 0 Å². The van der Waals surface area contributed by atoms with Crippen LogP contribution in [-0.2, 0) is 9.59 Å². The van der Waals surface area contributed by atoms with Gasteiger partial charge in [0.25, 0.3) is 5.91 Å². The molecule has 0 aliphatic rings. The second-order valence-corrected chi connectivity index (χ2v) is 4.41. The number of alkyl halides is 3. The van der Waals surface area contributed by atoms with Gasteiger partial charge in [0.2, 0.25) is 0 Å². The number of ether oxygens (including phenoxy) is 1. The van der Waals surface area contributed by atoms with E-state index in [1.54, 1.807) is 5.32 Å². The molecule has 2 N–H and O–H groups in total. The number of aliphatic carboxylic acids is 1. The summed E-state index contributed by atoms with van der Waals surface area (Å²) in [5, 5.41) is 10.4. The van der Waals surface area contributed by atoms with Gasteiger partial charge in [-0.05, 0) is 19.1 Å². The molecule has 1 amide bonds. The van der Waals surface area contributed by atoms with Gasteiger partial charge in [-0.1, -0.05) is 12.1 Å². The van der Waals surface area contributed by atoms with E-state index in [1.807, 2.05) is 0 Å². The number of carbonyl (C=O) groups is 2. The van der Waals surface area contributed by atoms with E-state index in [0.717, 1.165) is 13.0 Å². The first-order valence-corrected chi connectivity index (χ1v) is 6.11. The zero-order chi connectivity index (χ0) is 16.9. The number of halogens is 4. The number of hydrogen-bond acceptors (Lipinski definition) is 3. The van der Waals surface area contributed by atoms with Crippen molar-refractivity contribution >= 4 is 11.9 Å². The van der Waals surface area contributed by atoms with Gasteiger partial charge < -0.3 is 15.2 Å². The van der Waals surface area contributed by atoms with Crippen molar-refractivity contribution in [1.29, 1.82) is 0 Å². The molecule has 0 saturated heterocycles. The minimum atomic E-state index is -4.76. The molecule has 2 unspecified atom stereocenters. The van der Waals surface area contributed by atoms with E-state index >= 15 is 0 Å². The zero-order valence-electron chi connectivity index (χ0n) is 11.4. The van der Waals surface area contributed by atoms with E-state index in [2.05, 4.69) is 0 Å². The quantitative estimate of drug-likeness (QED) is 0.786. The molecule has 0 aromatic heterocycles. The highest BCUT2D eigenvalue weighted by molar-refractivity contribution is 5.86. The van der Waals surface area contributed by atoms with E-state index in [0.29, 0.717) is 0 Å². The molecule has 5 nitrogen and oxygen atoms in total. The predicted octanol–water partition coefficient (Wildman–Crippen LogP) is 2.11. The van der Waals surface area contributed by atoms with Crippen molar-refractivity contribution in [1.82, 2.24) is 5.32 Å². The van der Waals surface area contributed by atoms with Crippen LogP contribution in [0, 0.1) is 5.82 Å². The molecule has 0 bridgehead atoms. The summed E-state index contributed by atoms with van der Waals surface area (Å²) in [4.78, 5) is 22.4. The maximum Gasteiger partial charge on any atom is 0.391 e. The number of hydrogen-bond donors (Lipinski definition) is 2. The van der Waals surface area contributed by atoms with Crippen molar-refractivity contribution in [2.24, 2.45) is 0 Å². The molecule has 122 valence electrons. The topological polar surface area (TPSA) is 75.6 Å². The maximum atomic E-state index is 13.3. The van der Waals surface area contributed by atoms with E-state index in [4.69, 9.17) is 9.84 Å². The smallest absolute Gasteiger partial charge is 0.391 e. The highest BCUT2D eigenvalue weighted by Crippen LogP contribution is 2.22. The molecule has 22 heavy (non-hydrogen) atoms. The zero-order valence-corrected chi connectivity index (χ0v) is 11.4. The molecule has 9 heteroatoms. The van der Waals surface area contributed by atoms with Crippen LogP contribution in [0.25, 0.3) is 0 Å². The Morgan fingerprint density at radius 2 is 1.91 bits per heavy atom. The van der Waals surface area contributed by atoms with Crippen LogP contribution < -0.4 is 10.1 Å². The van der Waals surface area contributed by atoms with E-state index in [-0.39, 0.29) is 5.75 Å². The first kappa shape index (κ1) is 17.7. The molecule has 1 rings (SSSR count). The highest BCUT2D eigenvalue weighted by atomic mass is 19.4. The Hall–Kier alpha value is -2.32. The van der Waals surface area contributed by atoms with Gasteiger partial charge in [0.15, 0.2) is 17.7 Å². The van der Waals surface area contributed by atoms with Gasteiger partial charge in [-0.25, -0.2) is 9.18 Å². The number of para-hydroxylation sites is 1. The fraction of sp³-hybridized carbons (Fsp3) is 0.385. The van der Waals surface area contributed by atoms with Crippen LogP contribution in [0.15, 0.2) is 24.3 Å². The van der Waals surface area contributed by atoms with Crippen LogP contribution in [0.1, 0.15) is 13.3 Å². The Kier molecular flexibility index (Phi) is 5.72. The summed E-state index contributed by atoms with van der Waals surface area (Å²) in [6.07, 6.45) is -7.85. The van der Waals surface area contributed by atoms with Crippen molar-refractivity contribution in [2.75, 3.05) is 0 Å². The van der Waals surface area contributed by atoms with Crippen molar-refractivity contribution in [3.8, 4) is 5.75 Å². The number of benzene rings is 1. The Morgan fingerprint density at radius 3 is 2.41 bits per heavy atom. The summed E-state index contributed by atoms with van der Waals surface area (Å²) in [6.45, 7) is 1.16. The van der Waals surface area contributed by atoms with Gasteiger partial charge in [0.1, 0.15) is 6.04 Å². The largest absolute Gasteiger partial charge is 0.480 e. The first-order valence-electron chi connectivity index (χ1n) is 6.11. The number of carboxylic acids is 1. The number of rotatable bonds is 6. The van der Waals surface area contributed by atoms with Crippen LogP contribution in [0.4, 0.5) is 17.6 Å². The van der Waals surface area contributed by atoms with Gasteiger partial charge in [0.05, 0.1) is 6.42 Å². The lowest BCUT2D eigenvalue weighted by atomic mass is 10.2. The minimum absolute atomic E-state index is 0.271. The predicted molar refractivity (Wildman–Crippen MR) is 66.7 cm³/mol. The Morgan fingerprint density at radius 1 is 1.32 bits per heavy atom. The second kappa shape index (κ2) is 7.10. The summed E-state index contributed by atoms with van der Waals surface area (Å²) < 4.78 is 54.9. The maximum absolute atomic E-state index is 13.3. The van der Waals surface area contributed by atoms with Gasteiger partial charge in [-0.3, -0.25) is 4.79 Å². The fourth-order valence-electron chi connectivity index (χ4n) is 1.50. The van der Waals surface area contributed by atoms with Gasteiger partial charge in [-0.15, -0.1) is 0 Å². The average Bonchev–Trinajstić information content (AvgIpc) is 2.38. The van der Waals surface area contributed by atoms with E-state index in [9.17, 15) is 27.2 Å². The normalized spacial score (nSPS) is 14.0. The monoisotopic (exact) mass is 323 g/mol. The van der Waals surface area contributed by atoms with Gasteiger partial charge in [0, 0.05) is 0 Å². The molecule has 0 aliphatic carbocycles. The fourth-order valence-corrected chi connectivity index (χ4v) is 1.50. The summed E-state index contributed by atoms with van der Waals surface area (Å²) in [6, 6.07) is 2.98. The molecule has 0 spiro atoms. The van der Waals surface area contributed by atoms with Crippen LogP contribution in [0.5, 0.6) is 5.75 Å². The third-order valence-electron chi connectivity index (χ3n) is 2.56. The van der Waals surface area contributed by atoms with Crippen LogP contribution in [0.2, 0.25) is 0 Å². The summed E-state index contributed by atoms with van der Waals surface area (Å²) in [5.41, 5.74) is 0. The number of amides is 1. The summed E-state index contributed by atoms with van der Waals surface area (Å²) in [5.74, 6) is -3.95. The number of nitrogens with one attached hydrogen (secondary N) is 1. The Bertz CT molecular complexity index is 547. The van der Waals surface area contributed by atoms with E-state index < -0.39 is 42.4 Å². The number of carbonyl (C=O) groups excluding carboxylic acids is 1. The van der Waals surface area contributed by atoms with Crippen LogP contribution in [-0.4, -0.2) is 35.3 Å². The van der Waals surface area contributed by atoms with Gasteiger partial charge >= 0.3 is 12.1 Å². The summed E-state index contributed by atoms with van der Waals surface area (Å²) in [7, 11) is 0. The first-order chi connectivity index (χ1) is 10.1. The minimum Gasteiger partial charge on any atom is -0.480 e. The highest BCUT2D eigenvalue weighted by Gasteiger charge is 2.37. The molecule has 0 fully saturated rings. The SMILES string of the molecule is CC(Oc1ccccc1F)C(=O)NC(CC(F)(F)F)C(=O)O. The molecule has 2 atom stereocenters. The second-order valence-electron chi connectivity index (χ2n) is 4.41. The molecular formula is C13H13F4NO4. The molecule has 1 aromatic rings. The van der Waals surface area contributed by atoms with Crippen LogP contribution >= 0.6 is 0 Å². The Balaban J connectivity index is 2.69. The molecule has 0 radical (unpaired) electrons. The third kappa shape index (κ3) is 5.58. The van der Waals surface area contributed by atoms with E-state index in [1.165, 1.54) is 18.2 Å². The molecule has 0 heterocycles. The third-order valence-corrected chi connectivity index (χ3v) is 2.56. The molecule has 0 saturated carbocycles. The number of carboxylic acid groups (broad SMARTS) is 1. The molecular weight excluding hydrogens is 310 g/mol. The lowest BCUT2D eigenvalue weighted by Crippen LogP contribution is -2.48. The lowest BCUT2D eigenvalue weighted by molar-refractivity contribution is -0.160. The average molecular weight is 323 g/mol.